The Balaban J connectivity index is 2.20. The largest absolute Gasteiger partial charge is 0.495 e. The highest BCUT2D eigenvalue weighted by atomic mass is 16.5. The Morgan fingerprint density at radius 2 is 2.10 bits per heavy atom. The van der Waals surface area contributed by atoms with E-state index in [1.807, 2.05) is 39.0 Å². The van der Waals surface area contributed by atoms with E-state index in [0.717, 1.165) is 11.3 Å². The van der Waals surface area contributed by atoms with E-state index < -0.39 is 0 Å². The second-order valence-corrected chi connectivity index (χ2v) is 5.02. The van der Waals surface area contributed by atoms with Crippen molar-refractivity contribution >= 4 is 11.6 Å². The van der Waals surface area contributed by atoms with Crippen molar-refractivity contribution in [2.45, 2.75) is 26.7 Å². The molecule has 1 heterocycles. The second-order valence-electron chi connectivity index (χ2n) is 5.02. The number of aromatic amines is 1. The summed E-state index contributed by atoms with van der Waals surface area (Å²) in [5.41, 5.74) is 3.00. The number of carbonyl (C=O) groups excluding carboxylic acids is 1. The van der Waals surface area contributed by atoms with Gasteiger partial charge in [0, 0.05) is 5.69 Å². The van der Waals surface area contributed by atoms with Crippen LogP contribution in [0, 0.1) is 6.92 Å². The second kappa shape index (κ2) is 5.77. The van der Waals surface area contributed by atoms with Crippen molar-refractivity contribution in [1.29, 1.82) is 0 Å². The highest BCUT2D eigenvalue weighted by molar-refractivity contribution is 6.03. The summed E-state index contributed by atoms with van der Waals surface area (Å²) in [5, 5.41) is 9.73. The number of aryl methyl sites for hydroxylation is 1. The molecule has 5 nitrogen and oxygen atoms in total. The first-order chi connectivity index (χ1) is 9.51. The molecule has 0 aliphatic heterocycles. The third-order valence-electron chi connectivity index (χ3n) is 3.06. The summed E-state index contributed by atoms with van der Waals surface area (Å²) in [6.07, 6.45) is 0. The number of nitrogens with zero attached hydrogens (tertiary/aromatic N) is 1. The molecular weight excluding hydrogens is 254 g/mol. The number of carbonyl (C=O) groups is 1. The first kappa shape index (κ1) is 14.1. The van der Waals surface area contributed by atoms with Crippen LogP contribution in [0.15, 0.2) is 24.3 Å². The van der Waals surface area contributed by atoms with Gasteiger partial charge >= 0.3 is 0 Å². The fraction of sp³-hybridized carbons (Fsp3) is 0.333. The Morgan fingerprint density at radius 3 is 2.70 bits per heavy atom. The van der Waals surface area contributed by atoms with Crippen LogP contribution in [0.1, 0.15) is 41.5 Å². The van der Waals surface area contributed by atoms with E-state index in [1.54, 1.807) is 13.2 Å². The summed E-state index contributed by atoms with van der Waals surface area (Å²) in [6.45, 7) is 6.04. The van der Waals surface area contributed by atoms with Crippen LogP contribution in [-0.2, 0) is 0 Å². The van der Waals surface area contributed by atoms with Gasteiger partial charge in [0.2, 0.25) is 0 Å². The standard InChI is InChI=1S/C15H19N3O2/c1-9(2)11-8-13(18-17-11)15(19)16-12-7-10(3)5-6-14(12)20-4/h5-9H,1-4H3,(H,16,19)(H,17,18). The molecule has 0 saturated carbocycles. The number of anilines is 1. The Labute approximate surface area is 118 Å². The van der Waals surface area contributed by atoms with Crippen LogP contribution in [0.5, 0.6) is 5.75 Å². The smallest absolute Gasteiger partial charge is 0.276 e. The zero-order valence-corrected chi connectivity index (χ0v) is 12.2. The Bertz CT molecular complexity index is 617. The van der Waals surface area contributed by atoms with Gasteiger partial charge in [-0.2, -0.15) is 5.10 Å². The number of rotatable bonds is 4. The molecule has 2 aromatic rings. The van der Waals surface area contributed by atoms with E-state index in [4.69, 9.17) is 4.74 Å². The van der Waals surface area contributed by atoms with Gasteiger partial charge in [0.1, 0.15) is 5.75 Å². The molecule has 0 saturated heterocycles. The normalized spacial score (nSPS) is 10.7. The van der Waals surface area contributed by atoms with Crippen molar-refractivity contribution in [3.8, 4) is 5.75 Å². The summed E-state index contributed by atoms with van der Waals surface area (Å²) in [6, 6.07) is 7.39. The SMILES string of the molecule is COc1ccc(C)cc1NC(=O)c1cc(C(C)C)[nH]n1. The maximum Gasteiger partial charge on any atom is 0.276 e. The molecule has 0 radical (unpaired) electrons. The Kier molecular flexibility index (Phi) is 4.08. The number of ether oxygens (including phenoxy) is 1. The number of hydrogen-bond donors (Lipinski definition) is 2. The fourth-order valence-electron chi connectivity index (χ4n) is 1.85. The number of hydrogen-bond acceptors (Lipinski definition) is 3. The molecule has 0 fully saturated rings. The molecule has 1 aromatic heterocycles. The summed E-state index contributed by atoms with van der Waals surface area (Å²) < 4.78 is 5.24. The van der Waals surface area contributed by atoms with Crippen molar-refractivity contribution in [3.63, 3.8) is 0 Å². The maximum atomic E-state index is 12.2. The van der Waals surface area contributed by atoms with Gasteiger partial charge in [-0.05, 0) is 36.6 Å². The van der Waals surface area contributed by atoms with Gasteiger partial charge in [0.05, 0.1) is 12.8 Å². The average molecular weight is 273 g/mol. The highest BCUT2D eigenvalue weighted by Crippen LogP contribution is 2.25. The zero-order chi connectivity index (χ0) is 14.7. The molecule has 2 rings (SSSR count). The van der Waals surface area contributed by atoms with Gasteiger partial charge in [0.25, 0.3) is 5.91 Å². The quantitative estimate of drug-likeness (QED) is 0.899. The Morgan fingerprint density at radius 1 is 1.35 bits per heavy atom. The molecular formula is C15H19N3O2. The number of amides is 1. The molecule has 0 unspecified atom stereocenters. The molecule has 2 N–H and O–H groups in total. The van der Waals surface area contributed by atoms with E-state index in [1.165, 1.54) is 0 Å². The van der Waals surface area contributed by atoms with Crippen LogP contribution >= 0.6 is 0 Å². The topological polar surface area (TPSA) is 67.0 Å². The van der Waals surface area contributed by atoms with Gasteiger partial charge in [-0.15, -0.1) is 0 Å². The summed E-state index contributed by atoms with van der Waals surface area (Å²) in [7, 11) is 1.58. The van der Waals surface area contributed by atoms with Gasteiger partial charge in [0.15, 0.2) is 5.69 Å². The molecule has 0 atom stereocenters. The van der Waals surface area contributed by atoms with Crippen LogP contribution in [-0.4, -0.2) is 23.2 Å². The van der Waals surface area contributed by atoms with Crippen molar-refractivity contribution in [2.75, 3.05) is 12.4 Å². The number of nitrogens with one attached hydrogen (secondary N) is 2. The van der Waals surface area contributed by atoms with E-state index >= 15 is 0 Å². The van der Waals surface area contributed by atoms with E-state index in [0.29, 0.717) is 23.0 Å². The first-order valence-corrected chi connectivity index (χ1v) is 6.52. The number of benzene rings is 1. The minimum Gasteiger partial charge on any atom is -0.495 e. The van der Waals surface area contributed by atoms with Crippen LogP contribution in [0.2, 0.25) is 0 Å². The predicted molar refractivity (Wildman–Crippen MR) is 78.4 cm³/mol. The molecule has 0 bridgehead atoms. The van der Waals surface area contributed by atoms with E-state index in [2.05, 4.69) is 15.5 Å². The predicted octanol–water partition coefficient (Wildman–Crippen LogP) is 3.10. The molecule has 106 valence electrons. The lowest BCUT2D eigenvalue weighted by Crippen LogP contribution is -2.13. The molecule has 5 heteroatoms. The lowest BCUT2D eigenvalue weighted by Gasteiger charge is -2.09. The van der Waals surface area contributed by atoms with Crippen molar-refractivity contribution < 1.29 is 9.53 Å². The number of methoxy groups -OCH3 is 1. The maximum absolute atomic E-state index is 12.2. The van der Waals surface area contributed by atoms with Gasteiger partial charge < -0.3 is 10.1 Å². The lowest BCUT2D eigenvalue weighted by molar-refractivity contribution is 0.102. The molecule has 0 spiro atoms. The lowest BCUT2D eigenvalue weighted by atomic mass is 10.1. The van der Waals surface area contributed by atoms with Crippen LogP contribution < -0.4 is 10.1 Å². The van der Waals surface area contributed by atoms with E-state index in [9.17, 15) is 4.79 Å². The molecule has 0 aliphatic rings. The zero-order valence-electron chi connectivity index (χ0n) is 12.2. The average Bonchev–Trinajstić information content (AvgIpc) is 2.89. The summed E-state index contributed by atoms with van der Waals surface area (Å²) >= 11 is 0. The first-order valence-electron chi connectivity index (χ1n) is 6.52. The van der Waals surface area contributed by atoms with Crippen molar-refractivity contribution in [3.05, 3.63) is 41.2 Å². The summed E-state index contributed by atoms with van der Waals surface area (Å²) in [4.78, 5) is 12.2. The number of aromatic nitrogens is 2. The van der Waals surface area contributed by atoms with Gasteiger partial charge in [-0.1, -0.05) is 19.9 Å². The van der Waals surface area contributed by atoms with Crippen LogP contribution in [0.4, 0.5) is 5.69 Å². The van der Waals surface area contributed by atoms with Crippen molar-refractivity contribution in [1.82, 2.24) is 10.2 Å². The molecule has 1 amide bonds. The van der Waals surface area contributed by atoms with Crippen LogP contribution in [0.25, 0.3) is 0 Å². The van der Waals surface area contributed by atoms with Gasteiger partial charge in [-0.25, -0.2) is 0 Å². The fourth-order valence-corrected chi connectivity index (χ4v) is 1.85. The molecule has 0 aliphatic carbocycles. The molecule has 20 heavy (non-hydrogen) atoms. The third kappa shape index (κ3) is 2.99. The minimum atomic E-state index is -0.253. The third-order valence-corrected chi connectivity index (χ3v) is 3.06. The van der Waals surface area contributed by atoms with Crippen molar-refractivity contribution in [2.24, 2.45) is 0 Å². The van der Waals surface area contributed by atoms with Gasteiger partial charge in [-0.3, -0.25) is 9.89 Å². The highest BCUT2D eigenvalue weighted by Gasteiger charge is 2.14. The minimum absolute atomic E-state index is 0.253. The van der Waals surface area contributed by atoms with E-state index in [-0.39, 0.29) is 5.91 Å². The number of H-pyrrole nitrogens is 1. The summed E-state index contributed by atoms with van der Waals surface area (Å²) in [5.74, 6) is 0.679. The van der Waals surface area contributed by atoms with Crippen LogP contribution in [0.3, 0.4) is 0 Å². The molecule has 1 aromatic carbocycles. The Hall–Kier alpha value is -2.30. The monoisotopic (exact) mass is 273 g/mol.